The van der Waals surface area contributed by atoms with Crippen LogP contribution < -0.4 is 5.32 Å². The Hall–Kier alpha value is -1.12. The van der Waals surface area contributed by atoms with Crippen molar-refractivity contribution in [2.75, 3.05) is 26.2 Å². The van der Waals surface area contributed by atoms with E-state index in [-0.39, 0.29) is 5.41 Å². The smallest absolute Gasteiger partial charge is 0.273 e. The van der Waals surface area contributed by atoms with Gasteiger partial charge < -0.3 is 5.32 Å². The average Bonchev–Trinajstić information content (AvgIpc) is 2.53. The van der Waals surface area contributed by atoms with E-state index in [0.717, 1.165) is 38.1 Å². The van der Waals surface area contributed by atoms with Gasteiger partial charge in [0.05, 0.1) is 0 Å². The molecule has 8 heteroatoms. The summed E-state index contributed by atoms with van der Waals surface area (Å²) in [5.41, 5.74) is -0.336. The van der Waals surface area contributed by atoms with E-state index in [1.165, 1.54) is 11.2 Å². The Kier molecular flexibility index (Phi) is 4.42. The summed E-state index contributed by atoms with van der Waals surface area (Å²) in [4.78, 5) is -0.527. The van der Waals surface area contributed by atoms with Crippen LogP contribution in [0.25, 0.3) is 0 Å². The zero-order valence-corrected chi connectivity index (χ0v) is 14.3. The van der Waals surface area contributed by atoms with Crippen molar-refractivity contribution in [2.24, 2.45) is 5.41 Å². The minimum Gasteiger partial charge on any atom is -0.316 e. The number of nitrogens with zero attached hydrogens (tertiary/aromatic N) is 1. The van der Waals surface area contributed by atoms with Crippen molar-refractivity contribution in [2.45, 2.75) is 37.0 Å². The largest absolute Gasteiger partial charge is 0.316 e. The maximum atomic E-state index is 14.2. The molecule has 1 aromatic carbocycles. The highest BCUT2D eigenvalue weighted by Crippen LogP contribution is 2.38. The number of piperidine rings is 1. The summed E-state index contributed by atoms with van der Waals surface area (Å²) in [6, 6.07) is 2.59. The highest BCUT2D eigenvalue weighted by molar-refractivity contribution is 7.89. The minimum absolute atomic E-state index is 0.164. The number of nitrogens with one attached hydrogen (secondary N) is 1. The van der Waals surface area contributed by atoms with Gasteiger partial charge in [0.15, 0.2) is 0 Å². The lowest BCUT2D eigenvalue weighted by atomic mass is 9.74. The Bertz CT molecular complexity index is 723. The van der Waals surface area contributed by atoms with E-state index in [1.54, 1.807) is 0 Å². The molecule has 4 nitrogen and oxygen atoms in total. The van der Waals surface area contributed by atoms with Crippen LogP contribution in [0.2, 0.25) is 0 Å². The lowest BCUT2D eigenvalue weighted by molar-refractivity contribution is -0.00867. The predicted molar refractivity (Wildman–Crippen MR) is 83.9 cm³/mol. The van der Waals surface area contributed by atoms with Crippen LogP contribution in [0.3, 0.4) is 0 Å². The van der Waals surface area contributed by atoms with Crippen LogP contribution in [0.5, 0.6) is 0 Å². The van der Waals surface area contributed by atoms with Crippen molar-refractivity contribution in [1.29, 1.82) is 0 Å². The molecule has 2 aliphatic heterocycles. The summed E-state index contributed by atoms with van der Waals surface area (Å²) in [7, 11) is -4.00. The molecular weight excluding hydrogens is 341 g/mol. The summed E-state index contributed by atoms with van der Waals surface area (Å²) in [6.45, 7) is 3.72. The third-order valence-corrected chi connectivity index (χ3v) is 7.13. The zero-order valence-electron chi connectivity index (χ0n) is 13.5. The van der Waals surface area contributed by atoms with Gasteiger partial charge in [0.1, 0.15) is 10.7 Å². The number of benzene rings is 1. The van der Waals surface area contributed by atoms with E-state index < -0.39 is 38.6 Å². The normalized spacial score (nSPS) is 21.7. The predicted octanol–water partition coefficient (Wildman–Crippen LogP) is 2.70. The molecule has 2 aliphatic rings. The third kappa shape index (κ3) is 2.95. The quantitative estimate of drug-likeness (QED) is 0.896. The maximum Gasteiger partial charge on any atom is 0.273 e. The minimum atomic E-state index is -4.00. The number of hydrogen-bond acceptors (Lipinski definition) is 3. The summed E-state index contributed by atoms with van der Waals surface area (Å²) in [5.74, 6) is -4.29. The van der Waals surface area contributed by atoms with Gasteiger partial charge in [-0.1, -0.05) is 13.0 Å². The van der Waals surface area contributed by atoms with Crippen molar-refractivity contribution < 1.29 is 21.6 Å². The molecule has 1 aromatic rings. The van der Waals surface area contributed by atoms with Gasteiger partial charge in [-0.3, -0.25) is 0 Å². The van der Waals surface area contributed by atoms with Crippen molar-refractivity contribution >= 4 is 10.0 Å². The highest BCUT2D eigenvalue weighted by Gasteiger charge is 2.43. The second-order valence-corrected chi connectivity index (χ2v) is 8.62. The van der Waals surface area contributed by atoms with E-state index >= 15 is 0 Å². The second-order valence-electron chi connectivity index (χ2n) is 6.71. The molecule has 2 heterocycles. The lowest BCUT2D eigenvalue weighted by Gasteiger charge is -2.47. The Balaban J connectivity index is 1.82. The molecule has 0 unspecified atom stereocenters. The molecule has 2 saturated heterocycles. The summed E-state index contributed by atoms with van der Waals surface area (Å²) >= 11 is 0. The summed E-state index contributed by atoms with van der Waals surface area (Å²) < 4.78 is 68.1. The van der Waals surface area contributed by atoms with Gasteiger partial charge in [0.25, 0.3) is 5.92 Å². The maximum absolute atomic E-state index is 14.2. The molecule has 0 amide bonds. The van der Waals surface area contributed by atoms with E-state index in [0.29, 0.717) is 19.2 Å². The fraction of sp³-hybridized carbons (Fsp3) is 0.625. The molecule has 0 radical (unpaired) electrons. The van der Waals surface area contributed by atoms with Gasteiger partial charge in [-0.2, -0.15) is 4.31 Å². The first-order valence-corrected chi connectivity index (χ1v) is 9.53. The van der Waals surface area contributed by atoms with Crippen LogP contribution in [-0.4, -0.2) is 38.9 Å². The molecule has 0 bridgehead atoms. The summed E-state index contributed by atoms with van der Waals surface area (Å²) in [6.07, 6.45) is 0.987. The van der Waals surface area contributed by atoms with Gasteiger partial charge in [-0.05, 0) is 30.4 Å². The fourth-order valence-corrected chi connectivity index (χ4v) is 4.80. The van der Waals surface area contributed by atoms with Crippen molar-refractivity contribution in [1.82, 2.24) is 9.62 Å². The van der Waals surface area contributed by atoms with Gasteiger partial charge in [0, 0.05) is 38.2 Å². The van der Waals surface area contributed by atoms with Gasteiger partial charge in [0.2, 0.25) is 10.0 Å². The monoisotopic (exact) mass is 362 g/mol. The van der Waals surface area contributed by atoms with E-state index in [2.05, 4.69) is 5.32 Å². The van der Waals surface area contributed by atoms with Crippen molar-refractivity contribution in [3.05, 3.63) is 29.6 Å². The van der Waals surface area contributed by atoms with Crippen molar-refractivity contribution in [3.8, 4) is 0 Å². The molecular formula is C16H21F3N2O2S. The first kappa shape index (κ1) is 17.7. The molecule has 0 atom stereocenters. The number of halogens is 3. The molecule has 0 saturated carbocycles. The van der Waals surface area contributed by atoms with E-state index in [9.17, 15) is 21.6 Å². The molecule has 134 valence electrons. The molecule has 1 spiro atoms. The van der Waals surface area contributed by atoms with E-state index in [4.69, 9.17) is 0 Å². The van der Waals surface area contributed by atoms with Crippen LogP contribution in [0, 0.1) is 11.2 Å². The molecule has 2 fully saturated rings. The SMILES string of the molecule is CCC(F)(F)c1ccc(S(=O)(=O)N2CCC3(CC2)CNC3)c(F)c1. The Morgan fingerprint density at radius 1 is 1.25 bits per heavy atom. The van der Waals surface area contributed by atoms with Crippen LogP contribution in [0.4, 0.5) is 13.2 Å². The molecule has 3 rings (SSSR count). The van der Waals surface area contributed by atoms with Crippen LogP contribution >= 0.6 is 0 Å². The first-order valence-electron chi connectivity index (χ1n) is 8.09. The molecule has 0 aromatic heterocycles. The Morgan fingerprint density at radius 3 is 2.33 bits per heavy atom. The van der Waals surface area contributed by atoms with Gasteiger partial charge >= 0.3 is 0 Å². The molecule has 0 aliphatic carbocycles. The second kappa shape index (κ2) is 6.00. The summed E-state index contributed by atoms with van der Waals surface area (Å²) in [5, 5.41) is 3.19. The Labute approximate surface area is 140 Å². The molecule has 1 N–H and O–H groups in total. The average molecular weight is 362 g/mol. The molecule has 24 heavy (non-hydrogen) atoms. The van der Waals surface area contributed by atoms with Gasteiger partial charge in [-0.15, -0.1) is 0 Å². The number of alkyl halides is 2. The van der Waals surface area contributed by atoms with E-state index in [1.807, 2.05) is 0 Å². The van der Waals surface area contributed by atoms with Crippen LogP contribution in [0.1, 0.15) is 31.7 Å². The fourth-order valence-electron chi connectivity index (χ4n) is 3.31. The number of rotatable bonds is 4. The number of sulfonamides is 1. The third-order valence-electron chi connectivity index (χ3n) is 5.20. The van der Waals surface area contributed by atoms with Crippen LogP contribution in [0.15, 0.2) is 23.1 Å². The standard InChI is InChI=1S/C16H21F3N2O2S/c1-2-16(18,19)12-3-4-14(13(17)9-12)24(22,23)21-7-5-15(6-8-21)10-20-11-15/h3-4,9,20H,2,5-8,10-11H2,1H3. The first-order chi connectivity index (χ1) is 11.2. The van der Waals surface area contributed by atoms with Crippen molar-refractivity contribution in [3.63, 3.8) is 0 Å². The topological polar surface area (TPSA) is 49.4 Å². The lowest BCUT2D eigenvalue weighted by Crippen LogP contribution is -2.58. The Morgan fingerprint density at radius 2 is 1.88 bits per heavy atom. The van der Waals surface area contributed by atoms with Gasteiger partial charge in [-0.25, -0.2) is 21.6 Å². The van der Waals surface area contributed by atoms with Crippen LogP contribution in [-0.2, 0) is 15.9 Å². The highest BCUT2D eigenvalue weighted by atomic mass is 32.2. The zero-order chi connectivity index (χ0) is 17.6. The number of hydrogen-bond donors (Lipinski definition) is 1.